The van der Waals surface area contributed by atoms with Crippen LogP contribution in [0.4, 0.5) is 0 Å². The SMILES string of the molecule is CC(C)c1ccccc1OCC(O)CSc1nnc(C2CC2)n1C. The molecule has 1 aliphatic carbocycles. The standard InChI is InChI=1S/C18H25N3O2S/c1-12(2)15-6-4-5-7-16(15)23-10-14(22)11-24-18-20-19-17(21(18)3)13-8-9-13/h4-7,12-14,22H,8-11H2,1-3H3. The molecular formula is C18H25N3O2S. The van der Waals surface area contributed by atoms with Crippen molar-refractivity contribution in [1.82, 2.24) is 14.8 Å². The second kappa shape index (κ2) is 7.57. The van der Waals surface area contributed by atoms with Crippen molar-refractivity contribution < 1.29 is 9.84 Å². The van der Waals surface area contributed by atoms with Crippen molar-refractivity contribution in [2.75, 3.05) is 12.4 Å². The van der Waals surface area contributed by atoms with Crippen molar-refractivity contribution in [3.05, 3.63) is 35.7 Å². The van der Waals surface area contributed by atoms with Crippen molar-refractivity contribution in [2.24, 2.45) is 7.05 Å². The number of rotatable bonds is 8. The molecule has 1 aliphatic rings. The molecule has 130 valence electrons. The molecule has 6 heteroatoms. The lowest BCUT2D eigenvalue weighted by molar-refractivity contribution is 0.125. The summed E-state index contributed by atoms with van der Waals surface area (Å²) in [6.07, 6.45) is 1.88. The highest BCUT2D eigenvalue weighted by molar-refractivity contribution is 7.99. The first-order chi connectivity index (χ1) is 11.6. The highest BCUT2D eigenvalue weighted by Gasteiger charge is 2.29. The van der Waals surface area contributed by atoms with E-state index in [-0.39, 0.29) is 6.61 Å². The molecule has 1 heterocycles. The average Bonchev–Trinajstić information content (AvgIpc) is 3.35. The van der Waals surface area contributed by atoms with Crippen molar-refractivity contribution >= 4 is 11.8 Å². The van der Waals surface area contributed by atoms with Gasteiger partial charge in [0, 0.05) is 18.7 Å². The third-order valence-electron chi connectivity index (χ3n) is 4.19. The van der Waals surface area contributed by atoms with E-state index in [9.17, 15) is 5.11 Å². The molecule has 1 aromatic heterocycles. The Balaban J connectivity index is 1.50. The van der Waals surface area contributed by atoms with Crippen LogP contribution < -0.4 is 4.74 Å². The van der Waals surface area contributed by atoms with Gasteiger partial charge in [-0.1, -0.05) is 43.8 Å². The second-order valence-electron chi connectivity index (χ2n) is 6.64. The fourth-order valence-electron chi connectivity index (χ4n) is 2.64. The van der Waals surface area contributed by atoms with Gasteiger partial charge in [-0.2, -0.15) is 0 Å². The van der Waals surface area contributed by atoms with E-state index in [2.05, 4.69) is 30.1 Å². The van der Waals surface area contributed by atoms with E-state index in [0.717, 1.165) is 16.7 Å². The first-order valence-corrected chi connectivity index (χ1v) is 9.46. The topological polar surface area (TPSA) is 60.2 Å². The molecule has 3 rings (SSSR count). The lowest BCUT2D eigenvalue weighted by Gasteiger charge is -2.16. The molecule has 1 saturated carbocycles. The van der Waals surface area contributed by atoms with Gasteiger partial charge in [0.2, 0.25) is 0 Å². The zero-order valence-corrected chi connectivity index (χ0v) is 15.3. The number of benzene rings is 1. The Kier molecular flexibility index (Phi) is 5.46. The normalized spacial score (nSPS) is 15.7. The Morgan fingerprint density at radius 3 is 2.75 bits per heavy atom. The maximum atomic E-state index is 10.2. The molecule has 2 aromatic rings. The molecule has 0 bridgehead atoms. The van der Waals surface area contributed by atoms with Crippen LogP contribution in [0.25, 0.3) is 0 Å². The largest absolute Gasteiger partial charge is 0.491 e. The third-order valence-corrected chi connectivity index (χ3v) is 5.35. The molecule has 1 unspecified atom stereocenters. The Hall–Kier alpha value is -1.53. The van der Waals surface area contributed by atoms with Crippen LogP contribution >= 0.6 is 11.8 Å². The van der Waals surface area contributed by atoms with Gasteiger partial charge < -0.3 is 14.4 Å². The summed E-state index contributed by atoms with van der Waals surface area (Å²) in [6.45, 7) is 4.56. The van der Waals surface area contributed by atoms with Gasteiger partial charge in [-0.3, -0.25) is 0 Å². The molecule has 1 atom stereocenters. The number of aliphatic hydroxyl groups excluding tert-OH is 1. The maximum Gasteiger partial charge on any atom is 0.191 e. The average molecular weight is 347 g/mol. The van der Waals surface area contributed by atoms with Crippen LogP contribution in [-0.4, -0.2) is 38.3 Å². The predicted molar refractivity (Wildman–Crippen MR) is 95.7 cm³/mol. The van der Waals surface area contributed by atoms with E-state index < -0.39 is 6.10 Å². The van der Waals surface area contributed by atoms with Gasteiger partial charge in [0.25, 0.3) is 0 Å². The van der Waals surface area contributed by atoms with Crippen LogP contribution in [0.5, 0.6) is 5.75 Å². The summed E-state index contributed by atoms with van der Waals surface area (Å²) in [5.74, 6) is 3.44. The number of hydrogen-bond donors (Lipinski definition) is 1. The first-order valence-electron chi connectivity index (χ1n) is 8.48. The molecule has 0 spiro atoms. The molecule has 0 aliphatic heterocycles. The summed E-state index contributed by atoms with van der Waals surface area (Å²) in [6, 6.07) is 8.00. The van der Waals surface area contributed by atoms with E-state index in [0.29, 0.717) is 17.6 Å². The minimum absolute atomic E-state index is 0.282. The number of thioether (sulfide) groups is 1. The Bertz CT molecular complexity index is 683. The quantitative estimate of drug-likeness (QED) is 0.742. The smallest absolute Gasteiger partial charge is 0.191 e. The van der Waals surface area contributed by atoms with Crippen molar-refractivity contribution in [3.63, 3.8) is 0 Å². The minimum Gasteiger partial charge on any atom is -0.491 e. The molecule has 1 fully saturated rings. The zero-order valence-electron chi connectivity index (χ0n) is 14.5. The first kappa shape index (κ1) is 17.3. The highest BCUT2D eigenvalue weighted by Crippen LogP contribution is 2.39. The monoisotopic (exact) mass is 347 g/mol. The number of aliphatic hydroxyl groups is 1. The van der Waals surface area contributed by atoms with Gasteiger partial charge >= 0.3 is 0 Å². The van der Waals surface area contributed by atoms with Gasteiger partial charge in [-0.05, 0) is 30.4 Å². The van der Waals surface area contributed by atoms with Crippen molar-refractivity contribution in [1.29, 1.82) is 0 Å². The van der Waals surface area contributed by atoms with Gasteiger partial charge in [0.05, 0.1) is 6.10 Å². The molecule has 1 aromatic carbocycles. The van der Waals surface area contributed by atoms with E-state index >= 15 is 0 Å². The van der Waals surface area contributed by atoms with Crippen LogP contribution in [0.15, 0.2) is 29.4 Å². The number of ether oxygens (including phenoxy) is 1. The molecule has 0 radical (unpaired) electrons. The van der Waals surface area contributed by atoms with Crippen LogP contribution in [0.3, 0.4) is 0 Å². The van der Waals surface area contributed by atoms with Gasteiger partial charge in [-0.15, -0.1) is 10.2 Å². The molecule has 1 N–H and O–H groups in total. The van der Waals surface area contributed by atoms with E-state index in [1.807, 2.05) is 29.8 Å². The molecular weight excluding hydrogens is 322 g/mol. The van der Waals surface area contributed by atoms with E-state index in [1.54, 1.807) is 0 Å². The lowest BCUT2D eigenvalue weighted by Crippen LogP contribution is -2.20. The van der Waals surface area contributed by atoms with E-state index in [4.69, 9.17) is 4.74 Å². The molecule has 0 amide bonds. The summed E-state index contributed by atoms with van der Waals surface area (Å²) in [5, 5.41) is 19.6. The van der Waals surface area contributed by atoms with E-state index in [1.165, 1.54) is 30.2 Å². The molecule has 0 saturated heterocycles. The second-order valence-corrected chi connectivity index (χ2v) is 7.63. The van der Waals surface area contributed by atoms with Crippen molar-refractivity contribution in [3.8, 4) is 5.75 Å². The predicted octanol–water partition coefficient (Wildman–Crippen LogP) is 3.35. The third kappa shape index (κ3) is 4.11. The van der Waals surface area contributed by atoms with Gasteiger partial charge in [0.1, 0.15) is 18.2 Å². The molecule has 24 heavy (non-hydrogen) atoms. The number of aromatic nitrogens is 3. The Morgan fingerprint density at radius 2 is 2.04 bits per heavy atom. The fourth-order valence-corrected chi connectivity index (χ4v) is 3.47. The Labute approximate surface area is 147 Å². The number of para-hydroxylation sites is 1. The fraction of sp³-hybridized carbons (Fsp3) is 0.556. The van der Waals surface area contributed by atoms with Gasteiger partial charge in [0.15, 0.2) is 5.16 Å². The van der Waals surface area contributed by atoms with Crippen LogP contribution in [0.2, 0.25) is 0 Å². The summed E-state index contributed by atoms with van der Waals surface area (Å²) in [4.78, 5) is 0. The minimum atomic E-state index is -0.545. The van der Waals surface area contributed by atoms with Crippen LogP contribution in [-0.2, 0) is 7.05 Å². The van der Waals surface area contributed by atoms with Crippen molar-refractivity contribution in [2.45, 2.75) is 49.8 Å². The maximum absolute atomic E-state index is 10.2. The summed E-state index contributed by atoms with van der Waals surface area (Å²) < 4.78 is 7.87. The summed E-state index contributed by atoms with van der Waals surface area (Å²) in [7, 11) is 2.00. The van der Waals surface area contributed by atoms with Crippen LogP contribution in [0.1, 0.15) is 49.9 Å². The zero-order chi connectivity index (χ0) is 17.1. The summed E-state index contributed by atoms with van der Waals surface area (Å²) >= 11 is 1.53. The van der Waals surface area contributed by atoms with Gasteiger partial charge in [-0.25, -0.2) is 0 Å². The number of nitrogens with zero attached hydrogens (tertiary/aromatic N) is 3. The summed E-state index contributed by atoms with van der Waals surface area (Å²) in [5.41, 5.74) is 1.17. The molecule has 5 nitrogen and oxygen atoms in total. The highest BCUT2D eigenvalue weighted by atomic mass is 32.2. The van der Waals surface area contributed by atoms with Crippen LogP contribution in [0, 0.1) is 0 Å². The lowest BCUT2D eigenvalue weighted by atomic mass is 10.0. The Morgan fingerprint density at radius 1 is 1.29 bits per heavy atom. The number of hydrogen-bond acceptors (Lipinski definition) is 5.